The number of hydrogen-bond acceptors (Lipinski definition) is 6. The van der Waals surface area contributed by atoms with Gasteiger partial charge < -0.3 is 24.4 Å². The quantitative estimate of drug-likeness (QED) is 0.586. The molecule has 0 atom stereocenters. The molecule has 3 aromatic rings. The highest BCUT2D eigenvalue weighted by Crippen LogP contribution is 2.39. The maximum absolute atomic E-state index is 14.9. The van der Waals surface area contributed by atoms with E-state index in [2.05, 4.69) is 52.0 Å². The molecule has 1 fully saturated rings. The van der Waals surface area contributed by atoms with Crippen molar-refractivity contribution in [3.63, 3.8) is 0 Å². The van der Waals surface area contributed by atoms with Gasteiger partial charge in [-0.2, -0.15) is 0 Å². The van der Waals surface area contributed by atoms with E-state index < -0.39 is 0 Å². The second kappa shape index (κ2) is 9.25. The summed E-state index contributed by atoms with van der Waals surface area (Å²) < 4.78 is 22.5. The summed E-state index contributed by atoms with van der Waals surface area (Å²) in [6.45, 7) is 7.71. The summed E-state index contributed by atoms with van der Waals surface area (Å²) in [6, 6.07) is 7.95. The molecule has 0 radical (unpaired) electrons. The van der Waals surface area contributed by atoms with Crippen LogP contribution in [0.2, 0.25) is 0 Å². The number of benzene rings is 1. The van der Waals surface area contributed by atoms with Crippen molar-refractivity contribution >= 4 is 17.5 Å². The van der Waals surface area contributed by atoms with Gasteiger partial charge >= 0.3 is 0 Å². The van der Waals surface area contributed by atoms with Crippen molar-refractivity contribution in [2.75, 3.05) is 43.5 Å². The number of hydrogen-bond donors (Lipinski definition) is 1. The number of pyridine rings is 1. The first kappa shape index (κ1) is 22.7. The minimum absolute atomic E-state index is 0.254. The highest BCUT2D eigenvalue weighted by molar-refractivity contribution is 5.73. The summed E-state index contributed by atoms with van der Waals surface area (Å²) in [5, 5.41) is 3.31. The molecule has 0 saturated carbocycles. The van der Waals surface area contributed by atoms with Crippen LogP contribution in [0.4, 0.5) is 21.8 Å². The van der Waals surface area contributed by atoms with Gasteiger partial charge in [0.25, 0.3) is 0 Å². The summed E-state index contributed by atoms with van der Waals surface area (Å²) in [5.41, 5.74) is 3.67. The van der Waals surface area contributed by atoms with Gasteiger partial charge in [-0.3, -0.25) is 0 Å². The molecule has 0 unspecified atom stereocenters. The predicted octanol–water partition coefficient (Wildman–Crippen LogP) is 4.78. The van der Waals surface area contributed by atoms with E-state index in [1.807, 2.05) is 29.9 Å². The smallest absolute Gasteiger partial charge is 0.208 e. The first-order valence-electron chi connectivity index (χ1n) is 12.1. The van der Waals surface area contributed by atoms with Crippen LogP contribution in [0.5, 0.6) is 5.75 Å². The molecule has 7 nitrogen and oxygen atoms in total. The van der Waals surface area contributed by atoms with Gasteiger partial charge in [-0.25, -0.2) is 14.4 Å². The van der Waals surface area contributed by atoms with Gasteiger partial charge in [0.15, 0.2) is 11.6 Å². The third kappa shape index (κ3) is 4.34. The Morgan fingerprint density at radius 3 is 2.56 bits per heavy atom. The van der Waals surface area contributed by atoms with Crippen LogP contribution in [0.25, 0.3) is 11.3 Å². The lowest BCUT2D eigenvalue weighted by molar-refractivity contribution is 0.255. The van der Waals surface area contributed by atoms with E-state index in [-0.39, 0.29) is 11.9 Å². The van der Waals surface area contributed by atoms with Crippen LogP contribution >= 0.6 is 0 Å². The van der Waals surface area contributed by atoms with E-state index in [1.165, 1.54) is 24.5 Å². The Hall–Kier alpha value is -3.13. The van der Waals surface area contributed by atoms with Crippen molar-refractivity contribution < 1.29 is 9.13 Å². The van der Waals surface area contributed by atoms with E-state index in [0.29, 0.717) is 24.2 Å². The summed E-state index contributed by atoms with van der Waals surface area (Å²) in [5.74, 6) is 1.96. The third-order valence-corrected chi connectivity index (χ3v) is 7.04. The monoisotopic (exact) mass is 464 g/mol. The van der Waals surface area contributed by atoms with E-state index in [9.17, 15) is 4.39 Å². The second-order valence-corrected chi connectivity index (χ2v) is 9.65. The zero-order valence-corrected chi connectivity index (χ0v) is 20.4. The number of likely N-dealkylation sites (tertiary alicyclic amines) is 1. The Balaban J connectivity index is 1.36. The van der Waals surface area contributed by atoms with Crippen LogP contribution in [-0.2, 0) is 7.05 Å². The first-order chi connectivity index (χ1) is 16.4. The summed E-state index contributed by atoms with van der Waals surface area (Å²) in [6.07, 6.45) is 6.08. The molecule has 0 aliphatic carbocycles. The van der Waals surface area contributed by atoms with Gasteiger partial charge in [-0.15, -0.1) is 0 Å². The highest BCUT2D eigenvalue weighted by Gasteiger charge is 2.25. The van der Waals surface area contributed by atoms with Crippen LogP contribution in [0.1, 0.15) is 38.2 Å². The Morgan fingerprint density at radius 1 is 1.06 bits per heavy atom. The van der Waals surface area contributed by atoms with Crippen LogP contribution in [0.3, 0.4) is 0 Å². The topological polar surface area (TPSA) is 58.5 Å². The average molecular weight is 465 g/mol. The second-order valence-electron chi connectivity index (χ2n) is 9.65. The average Bonchev–Trinajstić information content (AvgIpc) is 3.19. The van der Waals surface area contributed by atoms with E-state index in [4.69, 9.17) is 4.74 Å². The molecule has 2 aliphatic heterocycles. The van der Waals surface area contributed by atoms with Crippen LogP contribution in [-0.4, -0.2) is 58.8 Å². The minimum atomic E-state index is -0.347. The van der Waals surface area contributed by atoms with Gasteiger partial charge in [0.2, 0.25) is 5.95 Å². The summed E-state index contributed by atoms with van der Waals surface area (Å²) in [4.78, 5) is 13.7. The number of nitrogens with zero attached hydrogens (tertiary/aromatic N) is 5. The molecular formula is C26H33FN6O. The van der Waals surface area contributed by atoms with Crippen molar-refractivity contribution in [2.24, 2.45) is 7.05 Å². The number of ether oxygens (including phenoxy) is 1. The number of fused-ring (bicyclic) bond motifs is 1. The van der Waals surface area contributed by atoms with Crippen molar-refractivity contribution in [3.05, 3.63) is 48.0 Å². The van der Waals surface area contributed by atoms with Crippen molar-refractivity contribution in [3.8, 4) is 17.0 Å². The van der Waals surface area contributed by atoms with Gasteiger partial charge in [-0.05, 0) is 76.5 Å². The lowest BCUT2D eigenvalue weighted by Crippen LogP contribution is -2.38. The molecule has 5 rings (SSSR count). The molecule has 1 N–H and O–H groups in total. The molecule has 2 aromatic heterocycles. The molecule has 8 heteroatoms. The van der Waals surface area contributed by atoms with E-state index in [1.54, 1.807) is 6.20 Å². The molecule has 1 aromatic carbocycles. The summed E-state index contributed by atoms with van der Waals surface area (Å²) in [7, 11) is 4.10. The van der Waals surface area contributed by atoms with Crippen LogP contribution in [0.15, 0.2) is 36.7 Å². The molecule has 180 valence electrons. The molecule has 1 saturated heterocycles. The van der Waals surface area contributed by atoms with Gasteiger partial charge in [0.05, 0.1) is 24.1 Å². The number of nitrogens with one attached hydrogen (secondary N) is 1. The van der Waals surface area contributed by atoms with Crippen LogP contribution in [0, 0.1) is 5.82 Å². The first-order valence-corrected chi connectivity index (χ1v) is 12.1. The lowest BCUT2D eigenvalue weighted by Gasteiger charge is -2.34. The summed E-state index contributed by atoms with van der Waals surface area (Å²) >= 11 is 0. The van der Waals surface area contributed by atoms with Crippen LogP contribution < -0.4 is 15.0 Å². The van der Waals surface area contributed by atoms with E-state index in [0.717, 1.165) is 42.4 Å². The van der Waals surface area contributed by atoms with Crippen molar-refractivity contribution in [1.82, 2.24) is 19.4 Å². The number of halogens is 1. The zero-order valence-electron chi connectivity index (χ0n) is 20.4. The standard InChI is InChI=1S/C26H33FN6O/c1-17(2)33-11-12-34-25-21(27)13-20(14-22(25)33)23-16-29-26(32(23)4)30-24-6-5-19(15-28-24)18-7-9-31(3)10-8-18/h5-6,13-18H,7-12H2,1-4H3,(H,28,29,30). The largest absolute Gasteiger partial charge is 0.486 e. The van der Waals surface area contributed by atoms with E-state index >= 15 is 0 Å². The van der Waals surface area contributed by atoms with Crippen molar-refractivity contribution in [2.45, 2.75) is 38.6 Å². The van der Waals surface area contributed by atoms with Gasteiger partial charge in [0, 0.05) is 24.8 Å². The molecule has 0 bridgehead atoms. The SMILES string of the molecule is CC(C)N1CCOc2c(F)cc(-c3cnc(Nc4ccc(C5CCN(C)CC5)cn4)n3C)cc21. The number of piperidine rings is 1. The fourth-order valence-electron chi connectivity index (χ4n) is 4.96. The Bertz CT molecular complexity index is 1150. The predicted molar refractivity (Wildman–Crippen MR) is 134 cm³/mol. The fraction of sp³-hybridized carbons (Fsp3) is 0.462. The molecule has 0 amide bonds. The number of anilines is 3. The minimum Gasteiger partial charge on any atom is -0.486 e. The van der Waals surface area contributed by atoms with Gasteiger partial charge in [0.1, 0.15) is 12.4 Å². The molecular weight excluding hydrogens is 431 g/mol. The van der Waals surface area contributed by atoms with Crippen molar-refractivity contribution in [1.29, 1.82) is 0 Å². The molecule has 0 spiro atoms. The molecule has 4 heterocycles. The maximum atomic E-state index is 14.9. The van der Waals surface area contributed by atoms with Gasteiger partial charge in [-0.1, -0.05) is 6.07 Å². The zero-order chi connectivity index (χ0) is 23.8. The number of imidazole rings is 1. The highest BCUT2D eigenvalue weighted by atomic mass is 19.1. The Labute approximate surface area is 200 Å². The fourth-order valence-corrected chi connectivity index (χ4v) is 4.96. The number of rotatable bonds is 5. The normalized spacial score (nSPS) is 17.1. The lowest BCUT2D eigenvalue weighted by atomic mass is 9.91. The Kier molecular flexibility index (Phi) is 6.16. The molecule has 2 aliphatic rings. The number of aromatic nitrogens is 3. The Morgan fingerprint density at radius 2 is 1.85 bits per heavy atom. The third-order valence-electron chi connectivity index (χ3n) is 7.04. The molecule has 34 heavy (non-hydrogen) atoms. The maximum Gasteiger partial charge on any atom is 0.208 e.